The zero-order valence-electron chi connectivity index (χ0n) is 6.25. The molecule has 56 valence electrons. The van der Waals surface area contributed by atoms with Crippen molar-refractivity contribution in [2.75, 3.05) is 6.61 Å². The number of hydrogen-bond donors (Lipinski definition) is 2. The molecule has 2 radical (unpaired) electrons. The fourth-order valence-corrected chi connectivity index (χ4v) is 1.56. The molecule has 0 heterocycles. The van der Waals surface area contributed by atoms with Crippen LogP contribution in [0.3, 0.4) is 0 Å². The fraction of sp³-hybridized carbons (Fsp3) is 1.00. The molecule has 1 aliphatic carbocycles. The van der Waals surface area contributed by atoms with Gasteiger partial charge in [-0.05, 0) is 12.8 Å². The Morgan fingerprint density at radius 2 is 2.30 bits per heavy atom. The molecular formula is C7H13BO2. The van der Waals surface area contributed by atoms with Crippen LogP contribution in [0.15, 0.2) is 0 Å². The Balaban J connectivity index is 2.61. The molecule has 0 unspecified atom stereocenters. The quantitative estimate of drug-likeness (QED) is 0.507. The van der Waals surface area contributed by atoms with Crippen molar-refractivity contribution in [3.05, 3.63) is 0 Å². The lowest BCUT2D eigenvalue weighted by Gasteiger charge is -2.24. The van der Waals surface area contributed by atoms with Crippen molar-refractivity contribution >= 4 is 7.85 Å². The van der Waals surface area contributed by atoms with Gasteiger partial charge in [0.15, 0.2) is 0 Å². The van der Waals surface area contributed by atoms with Gasteiger partial charge in [0.05, 0.1) is 20.6 Å². The van der Waals surface area contributed by atoms with Crippen LogP contribution in [0.25, 0.3) is 0 Å². The molecule has 1 rings (SSSR count). The second kappa shape index (κ2) is 2.55. The molecule has 3 heteroatoms. The highest BCUT2D eigenvalue weighted by Crippen LogP contribution is 2.42. The van der Waals surface area contributed by atoms with Gasteiger partial charge in [0.1, 0.15) is 0 Å². The van der Waals surface area contributed by atoms with Crippen molar-refractivity contribution in [2.45, 2.75) is 31.7 Å². The number of aliphatic hydroxyl groups excluding tert-OH is 2. The highest BCUT2D eigenvalue weighted by Gasteiger charge is 2.40. The maximum atomic E-state index is 9.38. The van der Waals surface area contributed by atoms with Crippen molar-refractivity contribution in [1.82, 2.24) is 0 Å². The molecule has 2 nitrogen and oxygen atoms in total. The molecule has 1 saturated carbocycles. The fourth-order valence-electron chi connectivity index (χ4n) is 1.56. The van der Waals surface area contributed by atoms with Crippen LogP contribution in [-0.2, 0) is 0 Å². The summed E-state index contributed by atoms with van der Waals surface area (Å²) < 4.78 is 0. The minimum atomic E-state index is -0.424. The Bertz CT molecular complexity index is 129. The van der Waals surface area contributed by atoms with E-state index in [1.165, 1.54) is 0 Å². The molecule has 1 fully saturated rings. The molecule has 0 saturated heterocycles. The van der Waals surface area contributed by atoms with Crippen LogP contribution in [-0.4, -0.2) is 30.8 Å². The van der Waals surface area contributed by atoms with E-state index in [9.17, 15) is 5.11 Å². The van der Waals surface area contributed by atoms with Gasteiger partial charge in [0.2, 0.25) is 0 Å². The number of aliphatic hydroxyl groups is 2. The third-order valence-corrected chi connectivity index (χ3v) is 2.42. The Hall–Kier alpha value is -0.0151. The molecule has 0 aromatic carbocycles. The maximum absolute atomic E-state index is 9.38. The summed E-state index contributed by atoms with van der Waals surface area (Å²) in [5.41, 5.74) is -0.348. The van der Waals surface area contributed by atoms with Gasteiger partial charge in [-0.3, -0.25) is 0 Å². The molecule has 3 atom stereocenters. The Morgan fingerprint density at radius 3 is 2.50 bits per heavy atom. The summed E-state index contributed by atoms with van der Waals surface area (Å²) in [6.07, 6.45) is 0.925. The van der Waals surface area contributed by atoms with Gasteiger partial charge in [-0.15, -0.1) is 0 Å². The first-order chi connectivity index (χ1) is 4.58. The van der Waals surface area contributed by atoms with Gasteiger partial charge in [-0.1, -0.05) is 12.7 Å². The van der Waals surface area contributed by atoms with Crippen LogP contribution in [0.2, 0.25) is 5.82 Å². The highest BCUT2D eigenvalue weighted by atomic mass is 16.3. The van der Waals surface area contributed by atoms with Crippen LogP contribution < -0.4 is 0 Å². The van der Waals surface area contributed by atoms with E-state index >= 15 is 0 Å². The first kappa shape index (κ1) is 8.09. The first-order valence-electron chi connectivity index (χ1n) is 3.63. The van der Waals surface area contributed by atoms with Crippen molar-refractivity contribution < 1.29 is 10.2 Å². The van der Waals surface area contributed by atoms with Crippen molar-refractivity contribution in [2.24, 2.45) is 5.41 Å². The molecule has 0 aromatic rings. The molecule has 0 aromatic heterocycles. The highest BCUT2D eigenvalue weighted by molar-refractivity contribution is 6.11. The third kappa shape index (κ3) is 1.20. The summed E-state index contributed by atoms with van der Waals surface area (Å²) in [6, 6.07) is 0. The van der Waals surface area contributed by atoms with E-state index in [0.717, 1.165) is 6.42 Å². The van der Waals surface area contributed by atoms with E-state index < -0.39 is 6.10 Å². The van der Waals surface area contributed by atoms with Gasteiger partial charge in [0, 0.05) is 5.41 Å². The smallest absolute Gasteiger partial charge is 0.0701 e. The Kier molecular flexibility index (Phi) is 2.06. The molecule has 0 bridgehead atoms. The predicted molar refractivity (Wildman–Crippen MR) is 39.9 cm³/mol. The zero-order valence-corrected chi connectivity index (χ0v) is 6.25. The molecule has 0 spiro atoms. The largest absolute Gasteiger partial charge is 0.396 e. The summed E-state index contributed by atoms with van der Waals surface area (Å²) >= 11 is 0. The second-order valence-electron chi connectivity index (χ2n) is 3.53. The second-order valence-corrected chi connectivity index (χ2v) is 3.53. The van der Waals surface area contributed by atoms with E-state index in [1.807, 2.05) is 6.92 Å². The van der Waals surface area contributed by atoms with Crippen molar-refractivity contribution in [3.63, 3.8) is 0 Å². The molecule has 1 aliphatic rings. The lowest BCUT2D eigenvalue weighted by atomic mass is 9.81. The summed E-state index contributed by atoms with van der Waals surface area (Å²) in [7, 11) is 5.61. The average Bonchev–Trinajstić information content (AvgIpc) is 2.09. The van der Waals surface area contributed by atoms with E-state index in [-0.39, 0.29) is 17.8 Å². The molecule has 2 N–H and O–H groups in total. The molecular weight excluding hydrogens is 127 g/mol. The van der Waals surface area contributed by atoms with Gasteiger partial charge >= 0.3 is 0 Å². The van der Waals surface area contributed by atoms with E-state index in [0.29, 0.717) is 6.42 Å². The molecule has 0 aliphatic heterocycles. The van der Waals surface area contributed by atoms with Gasteiger partial charge in [-0.25, -0.2) is 0 Å². The van der Waals surface area contributed by atoms with E-state index in [4.69, 9.17) is 13.0 Å². The average molecular weight is 140 g/mol. The van der Waals surface area contributed by atoms with Crippen LogP contribution in [0, 0.1) is 5.41 Å². The monoisotopic (exact) mass is 140 g/mol. The van der Waals surface area contributed by atoms with Gasteiger partial charge in [0.25, 0.3) is 0 Å². The summed E-state index contributed by atoms with van der Waals surface area (Å²) in [5.74, 6) is 0.0622. The maximum Gasteiger partial charge on any atom is 0.0701 e. The normalized spacial score (nSPS) is 47.9. The first-order valence-corrected chi connectivity index (χ1v) is 3.63. The van der Waals surface area contributed by atoms with Gasteiger partial charge in [-0.2, -0.15) is 0 Å². The van der Waals surface area contributed by atoms with Crippen LogP contribution >= 0.6 is 0 Å². The summed E-state index contributed by atoms with van der Waals surface area (Å²) in [5, 5.41) is 18.3. The van der Waals surface area contributed by atoms with Crippen molar-refractivity contribution in [1.29, 1.82) is 0 Å². The molecule has 10 heavy (non-hydrogen) atoms. The van der Waals surface area contributed by atoms with Crippen LogP contribution in [0.4, 0.5) is 0 Å². The van der Waals surface area contributed by atoms with Crippen LogP contribution in [0.5, 0.6) is 0 Å². The minimum absolute atomic E-state index is 0.0296. The van der Waals surface area contributed by atoms with Crippen LogP contribution in [0.1, 0.15) is 19.8 Å². The SMILES string of the molecule is [B][C@H]1C[C@H](O)[C@](C)(CO)C1. The summed E-state index contributed by atoms with van der Waals surface area (Å²) in [4.78, 5) is 0. The zero-order chi connectivity index (χ0) is 7.78. The standard InChI is InChI=1S/C7H13BO2/c1-7(4-9)3-5(8)2-6(7)10/h5-6,9-10H,2-4H2,1H3/t5-,6-,7-/m0/s1. The van der Waals surface area contributed by atoms with E-state index in [1.54, 1.807) is 0 Å². The Labute approximate surface area is 62.7 Å². The molecule has 0 amide bonds. The number of rotatable bonds is 1. The van der Waals surface area contributed by atoms with Gasteiger partial charge < -0.3 is 10.2 Å². The van der Waals surface area contributed by atoms with E-state index in [2.05, 4.69) is 0 Å². The number of hydrogen-bond acceptors (Lipinski definition) is 2. The predicted octanol–water partition coefficient (Wildman–Crippen LogP) is 0.0967. The summed E-state index contributed by atoms with van der Waals surface area (Å²) in [6.45, 7) is 1.90. The van der Waals surface area contributed by atoms with Crippen molar-refractivity contribution in [3.8, 4) is 0 Å². The topological polar surface area (TPSA) is 40.5 Å². The third-order valence-electron chi connectivity index (χ3n) is 2.42. The lowest BCUT2D eigenvalue weighted by Crippen LogP contribution is -2.29. The Morgan fingerprint density at radius 1 is 1.70 bits per heavy atom. The minimum Gasteiger partial charge on any atom is -0.396 e. The lowest BCUT2D eigenvalue weighted by molar-refractivity contribution is 0.0201.